The molecule has 0 atom stereocenters. The fourth-order valence-electron chi connectivity index (χ4n) is 3.12. The third kappa shape index (κ3) is 4.05. The number of aryl methyl sites for hydroxylation is 2. The minimum Gasteiger partial charge on any atom is -0.348 e. The summed E-state index contributed by atoms with van der Waals surface area (Å²) in [6, 6.07) is 10.0. The summed E-state index contributed by atoms with van der Waals surface area (Å²) in [6.45, 7) is 9.51. The fraction of sp³-hybridized carbons (Fsp3) is 0.333. The monoisotopic (exact) mass is 367 g/mol. The molecular formula is C21H25N3OS. The molecule has 3 rings (SSSR count). The Morgan fingerprint density at radius 3 is 2.62 bits per heavy atom. The van der Waals surface area contributed by atoms with Crippen LogP contribution in [0, 0.1) is 20.8 Å². The first-order valence-electron chi connectivity index (χ1n) is 8.96. The molecule has 1 N–H and O–H groups in total. The van der Waals surface area contributed by atoms with E-state index in [0.29, 0.717) is 6.42 Å². The first-order valence-corrected chi connectivity index (χ1v) is 9.84. The number of hydrogen-bond acceptors (Lipinski definition) is 3. The highest BCUT2D eigenvalue weighted by molar-refractivity contribution is 7.10. The van der Waals surface area contributed by atoms with Gasteiger partial charge in [-0.15, -0.1) is 11.3 Å². The average molecular weight is 368 g/mol. The average Bonchev–Trinajstić information content (AvgIpc) is 3.16. The van der Waals surface area contributed by atoms with E-state index in [-0.39, 0.29) is 5.91 Å². The van der Waals surface area contributed by atoms with Crippen LogP contribution >= 0.6 is 11.3 Å². The number of aromatic nitrogens is 2. The zero-order valence-electron chi connectivity index (χ0n) is 15.8. The number of carbonyl (C=O) groups excluding carboxylic acids is 1. The molecule has 1 aromatic carbocycles. The molecule has 3 aromatic rings. The highest BCUT2D eigenvalue weighted by Crippen LogP contribution is 2.28. The highest BCUT2D eigenvalue weighted by Gasteiger charge is 2.14. The van der Waals surface area contributed by atoms with Gasteiger partial charge in [-0.3, -0.25) is 4.79 Å². The molecule has 2 heterocycles. The van der Waals surface area contributed by atoms with Crippen LogP contribution < -0.4 is 5.32 Å². The maximum atomic E-state index is 12.3. The standard InChI is InChI=1S/C21H25N3OS/c1-5-10-24-15(3)11-18(16(24)4)19-13-26-21(23-19)12-20(25)22-17-8-6-14(2)7-9-17/h6-9,11,13H,5,10,12H2,1-4H3,(H,22,25). The minimum absolute atomic E-state index is 0.0359. The Morgan fingerprint density at radius 1 is 1.19 bits per heavy atom. The number of rotatable bonds is 6. The molecule has 0 bridgehead atoms. The summed E-state index contributed by atoms with van der Waals surface area (Å²) in [5.74, 6) is -0.0359. The van der Waals surface area contributed by atoms with E-state index in [4.69, 9.17) is 4.98 Å². The van der Waals surface area contributed by atoms with E-state index < -0.39 is 0 Å². The van der Waals surface area contributed by atoms with Crippen LogP contribution in [0.4, 0.5) is 5.69 Å². The number of nitrogens with one attached hydrogen (secondary N) is 1. The summed E-state index contributed by atoms with van der Waals surface area (Å²) < 4.78 is 2.33. The van der Waals surface area contributed by atoms with E-state index in [1.807, 2.05) is 36.6 Å². The molecule has 0 aliphatic heterocycles. The van der Waals surface area contributed by atoms with Crippen molar-refractivity contribution in [2.24, 2.45) is 0 Å². The van der Waals surface area contributed by atoms with Gasteiger partial charge in [0.25, 0.3) is 0 Å². The molecule has 136 valence electrons. The molecular weight excluding hydrogens is 342 g/mol. The predicted molar refractivity (Wildman–Crippen MR) is 109 cm³/mol. The van der Waals surface area contributed by atoms with Gasteiger partial charge >= 0.3 is 0 Å². The number of thiazole rings is 1. The van der Waals surface area contributed by atoms with E-state index in [0.717, 1.165) is 34.9 Å². The zero-order chi connectivity index (χ0) is 18.7. The second kappa shape index (κ2) is 7.87. The lowest BCUT2D eigenvalue weighted by atomic mass is 10.2. The van der Waals surface area contributed by atoms with Gasteiger partial charge in [-0.05, 0) is 45.4 Å². The van der Waals surface area contributed by atoms with Crippen molar-refractivity contribution >= 4 is 22.9 Å². The summed E-state index contributed by atoms with van der Waals surface area (Å²) in [5.41, 5.74) is 6.62. The molecule has 0 aliphatic rings. The Hall–Kier alpha value is -2.40. The Labute approximate surface area is 158 Å². The van der Waals surface area contributed by atoms with E-state index in [9.17, 15) is 4.79 Å². The van der Waals surface area contributed by atoms with Crippen molar-refractivity contribution < 1.29 is 4.79 Å². The smallest absolute Gasteiger partial charge is 0.231 e. The van der Waals surface area contributed by atoms with Crippen molar-refractivity contribution in [2.75, 3.05) is 5.32 Å². The van der Waals surface area contributed by atoms with E-state index in [1.165, 1.54) is 17.0 Å². The molecule has 2 aromatic heterocycles. The normalized spacial score (nSPS) is 10.9. The molecule has 0 saturated carbocycles. The van der Waals surface area contributed by atoms with Gasteiger partial charge in [0.15, 0.2) is 0 Å². The molecule has 0 radical (unpaired) electrons. The Balaban J connectivity index is 1.71. The van der Waals surface area contributed by atoms with Crippen LogP contribution in [0.5, 0.6) is 0 Å². The minimum atomic E-state index is -0.0359. The summed E-state index contributed by atoms with van der Waals surface area (Å²) in [6.07, 6.45) is 1.41. The molecule has 26 heavy (non-hydrogen) atoms. The molecule has 4 nitrogen and oxygen atoms in total. The van der Waals surface area contributed by atoms with Crippen molar-refractivity contribution in [2.45, 2.75) is 47.1 Å². The zero-order valence-corrected chi connectivity index (χ0v) is 16.6. The maximum absolute atomic E-state index is 12.3. The van der Waals surface area contributed by atoms with Crippen molar-refractivity contribution in [1.29, 1.82) is 0 Å². The second-order valence-corrected chi connectivity index (χ2v) is 7.60. The first-order chi connectivity index (χ1) is 12.5. The Morgan fingerprint density at radius 2 is 1.92 bits per heavy atom. The van der Waals surface area contributed by atoms with Crippen LogP contribution in [0.3, 0.4) is 0 Å². The van der Waals surface area contributed by atoms with E-state index in [1.54, 1.807) is 11.3 Å². The van der Waals surface area contributed by atoms with E-state index >= 15 is 0 Å². The van der Waals surface area contributed by atoms with Crippen molar-refractivity contribution in [3.8, 4) is 11.3 Å². The van der Waals surface area contributed by atoms with Crippen LogP contribution in [0.2, 0.25) is 0 Å². The number of anilines is 1. The van der Waals surface area contributed by atoms with E-state index in [2.05, 4.69) is 36.7 Å². The van der Waals surface area contributed by atoms with Crippen LogP contribution in [0.25, 0.3) is 11.3 Å². The summed E-state index contributed by atoms with van der Waals surface area (Å²) in [4.78, 5) is 17.0. The predicted octanol–water partition coefficient (Wildman–Crippen LogP) is 5.13. The summed E-state index contributed by atoms with van der Waals surface area (Å²) in [7, 11) is 0. The molecule has 0 spiro atoms. The van der Waals surface area contributed by atoms with Gasteiger partial charge in [0, 0.05) is 34.6 Å². The second-order valence-electron chi connectivity index (χ2n) is 6.65. The van der Waals surface area contributed by atoms with Crippen LogP contribution in [0.15, 0.2) is 35.7 Å². The summed E-state index contributed by atoms with van der Waals surface area (Å²) >= 11 is 1.54. The van der Waals surface area contributed by atoms with Crippen LogP contribution in [0.1, 0.15) is 35.3 Å². The number of amides is 1. The van der Waals surface area contributed by atoms with Gasteiger partial charge in [0.1, 0.15) is 5.01 Å². The first kappa shape index (κ1) is 18.4. The van der Waals surface area contributed by atoms with Crippen LogP contribution in [-0.2, 0) is 17.8 Å². The molecule has 0 aliphatic carbocycles. The number of hydrogen-bond donors (Lipinski definition) is 1. The SMILES string of the molecule is CCCn1c(C)cc(-c2csc(CC(=O)Nc3ccc(C)cc3)n2)c1C. The third-order valence-corrected chi connectivity index (χ3v) is 5.34. The maximum Gasteiger partial charge on any atom is 0.231 e. The number of nitrogens with zero attached hydrogens (tertiary/aromatic N) is 2. The number of carbonyl (C=O) groups is 1. The lowest BCUT2D eigenvalue weighted by molar-refractivity contribution is -0.115. The molecule has 0 fully saturated rings. The van der Waals surface area contributed by atoms with Gasteiger partial charge in [0.2, 0.25) is 5.91 Å². The molecule has 5 heteroatoms. The van der Waals surface area contributed by atoms with Gasteiger partial charge in [-0.25, -0.2) is 4.98 Å². The Bertz CT molecular complexity index is 906. The third-order valence-electron chi connectivity index (χ3n) is 4.50. The van der Waals surface area contributed by atoms with Gasteiger partial charge < -0.3 is 9.88 Å². The number of benzene rings is 1. The Kier molecular flexibility index (Phi) is 5.57. The van der Waals surface area contributed by atoms with Crippen molar-refractivity contribution in [3.63, 3.8) is 0 Å². The lowest BCUT2D eigenvalue weighted by Gasteiger charge is -2.07. The van der Waals surface area contributed by atoms with Crippen molar-refractivity contribution in [1.82, 2.24) is 9.55 Å². The lowest BCUT2D eigenvalue weighted by Crippen LogP contribution is -2.14. The molecule has 1 amide bonds. The van der Waals surface area contributed by atoms with Crippen molar-refractivity contribution in [3.05, 3.63) is 57.7 Å². The van der Waals surface area contributed by atoms with Gasteiger partial charge in [0.05, 0.1) is 12.1 Å². The van der Waals surface area contributed by atoms with Crippen LogP contribution in [-0.4, -0.2) is 15.5 Å². The fourth-order valence-corrected chi connectivity index (χ4v) is 3.92. The quantitative estimate of drug-likeness (QED) is 0.657. The van der Waals surface area contributed by atoms with Gasteiger partial charge in [-0.2, -0.15) is 0 Å². The molecule has 0 saturated heterocycles. The largest absolute Gasteiger partial charge is 0.348 e. The van der Waals surface area contributed by atoms with Gasteiger partial charge in [-0.1, -0.05) is 24.6 Å². The topological polar surface area (TPSA) is 46.9 Å². The summed E-state index contributed by atoms with van der Waals surface area (Å²) in [5, 5.41) is 5.82. The highest BCUT2D eigenvalue weighted by atomic mass is 32.1. The molecule has 0 unspecified atom stereocenters.